The molecule has 0 aromatic rings. The molecule has 1 aliphatic carbocycles. The minimum Gasteiger partial charge on any atom is -0.450 e. The predicted octanol–water partition coefficient (Wildman–Crippen LogP) is 4.88. The highest BCUT2D eigenvalue weighted by Crippen LogP contribution is 2.42. The van der Waals surface area contributed by atoms with Crippen LogP contribution >= 0.6 is 0 Å². The van der Waals surface area contributed by atoms with Gasteiger partial charge in [-0.3, -0.25) is 0 Å². The van der Waals surface area contributed by atoms with Crippen LogP contribution in [0.1, 0.15) is 78.6 Å². The Balaban J connectivity index is 2.28. The van der Waals surface area contributed by atoms with Gasteiger partial charge in [0.05, 0.1) is 6.61 Å². The van der Waals surface area contributed by atoms with Gasteiger partial charge in [0.25, 0.3) is 0 Å². The van der Waals surface area contributed by atoms with Gasteiger partial charge in [-0.1, -0.05) is 65.7 Å². The van der Waals surface area contributed by atoms with E-state index in [1.54, 1.807) is 0 Å². The summed E-state index contributed by atoms with van der Waals surface area (Å²) >= 11 is 0. The molecule has 0 heterocycles. The maximum Gasteiger partial charge on any atom is 0.404 e. The van der Waals surface area contributed by atoms with E-state index in [1.165, 1.54) is 44.9 Å². The first-order valence-electron chi connectivity index (χ1n) is 8.33. The van der Waals surface area contributed by atoms with Crippen LogP contribution in [0, 0.1) is 17.3 Å². The van der Waals surface area contributed by atoms with Crippen LogP contribution in [0.5, 0.6) is 0 Å². The van der Waals surface area contributed by atoms with E-state index in [-0.39, 0.29) is 0 Å². The van der Waals surface area contributed by atoms with E-state index in [1.807, 2.05) is 0 Å². The number of primary amides is 1. The molecule has 0 aromatic carbocycles. The zero-order valence-corrected chi connectivity index (χ0v) is 13.6. The number of unbranched alkanes of at least 4 members (excludes halogenated alkanes) is 2. The van der Waals surface area contributed by atoms with Crippen LogP contribution in [0.15, 0.2) is 0 Å². The highest BCUT2D eigenvalue weighted by molar-refractivity contribution is 5.64. The van der Waals surface area contributed by atoms with E-state index in [0.717, 1.165) is 24.7 Å². The molecular weight excluding hydrogens is 250 g/mol. The molecule has 0 aromatic heterocycles. The van der Waals surface area contributed by atoms with Crippen LogP contribution in [0.2, 0.25) is 0 Å². The maximum absolute atomic E-state index is 10.5. The molecule has 20 heavy (non-hydrogen) atoms. The molecule has 118 valence electrons. The molecule has 2 N–H and O–H groups in total. The summed E-state index contributed by atoms with van der Waals surface area (Å²) in [6.45, 7) is 7.65. The second-order valence-electron chi connectivity index (χ2n) is 7.39. The average Bonchev–Trinajstić information content (AvgIpc) is 2.37. The number of hydrogen-bond acceptors (Lipinski definition) is 2. The molecule has 0 spiro atoms. The lowest BCUT2D eigenvalue weighted by Crippen LogP contribution is -2.29. The van der Waals surface area contributed by atoms with Crippen molar-refractivity contribution in [3.8, 4) is 0 Å². The normalized spacial score (nSPS) is 18.8. The van der Waals surface area contributed by atoms with Gasteiger partial charge in [0, 0.05) is 0 Å². The summed E-state index contributed by atoms with van der Waals surface area (Å²) in [4.78, 5) is 10.5. The van der Waals surface area contributed by atoms with Crippen molar-refractivity contribution in [2.24, 2.45) is 23.0 Å². The zero-order chi connectivity index (χ0) is 15.0. The van der Waals surface area contributed by atoms with Crippen molar-refractivity contribution in [2.45, 2.75) is 78.6 Å². The molecule has 1 amide bonds. The molecule has 3 heteroatoms. The van der Waals surface area contributed by atoms with Crippen molar-refractivity contribution in [3.63, 3.8) is 0 Å². The van der Waals surface area contributed by atoms with Gasteiger partial charge in [-0.25, -0.2) is 4.79 Å². The van der Waals surface area contributed by atoms with Gasteiger partial charge in [-0.15, -0.1) is 0 Å². The molecule has 0 radical (unpaired) electrons. The molecule has 1 saturated carbocycles. The highest BCUT2D eigenvalue weighted by atomic mass is 16.5. The van der Waals surface area contributed by atoms with E-state index in [2.05, 4.69) is 20.8 Å². The molecule has 1 unspecified atom stereocenters. The number of rotatable bonds is 7. The molecule has 1 atom stereocenters. The van der Waals surface area contributed by atoms with E-state index in [4.69, 9.17) is 10.5 Å². The van der Waals surface area contributed by atoms with Gasteiger partial charge in [-0.05, 0) is 30.1 Å². The number of amides is 1. The maximum atomic E-state index is 10.5. The summed E-state index contributed by atoms with van der Waals surface area (Å²) in [5.41, 5.74) is 5.36. The Morgan fingerprint density at radius 3 is 2.35 bits per heavy atom. The third-order valence-corrected chi connectivity index (χ3v) is 4.74. The van der Waals surface area contributed by atoms with Gasteiger partial charge < -0.3 is 10.5 Å². The topological polar surface area (TPSA) is 52.3 Å². The highest BCUT2D eigenvalue weighted by Gasteiger charge is 2.32. The lowest BCUT2D eigenvalue weighted by atomic mass is 9.66. The molecule has 1 fully saturated rings. The molecule has 3 nitrogen and oxygen atoms in total. The first kappa shape index (κ1) is 17.3. The minimum absolute atomic E-state index is 0.408. The quantitative estimate of drug-likeness (QED) is 0.677. The standard InChI is InChI=1S/C17H33NO2/c1-17(2,3)15(14-10-6-4-7-11-14)12-8-5-9-13-20-16(18)19/h14-15H,4-13H2,1-3H3,(H2,18,19). The Hall–Kier alpha value is -0.730. The zero-order valence-electron chi connectivity index (χ0n) is 13.6. The van der Waals surface area contributed by atoms with Crippen LogP contribution in [-0.4, -0.2) is 12.7 Å². The Labute approximate surface area is 124 Å². The van der Waals surface area contributed by atoms with Crippen LogP contribution in [-0.2, 0) is 4.74 Å². The molecule has 0 saturated heterocycles. The van der Waals surface area contributed by atoms with Gasteiger partial charge in [0.1, 0.15) is 0 Å². The van der Waals surface area contributed by atoms with Gasteiger partial charge in [0.15, 0.2) is 0 Å². The number of nitrogens with two attached hydrogens (primary N) is 1. The van der Waals surface area contributed by atoms with Crippen molar-refractivity contribution >= 4 is 6.09 Å². The SMILES string of the molecule is CC(C)(C)C(CCCCCOC(N)=O)C1CCCCC1. The van der Waals surface area contributed by atoms with E-state index >= 15 is 0 Å². The Morgan fingerprint density at radius 1 is 1.15 bits per heavy atom. The summed E-state index contributed by atoms with van der Waals surface area (Å²) in [5.74, 6) is 1.76. The number of hydrogen-bond donors (Lipinski definition) is 1. The average molecular weight is 283 g/mol. The van der Waals surface area contributed by atoms with Crippen LogP contribution in [0.3, 0.4) is 0 Å². The van der Waals surface area contributed by atoms with Gasteiger partial charge in [-0.2, -0.15) is 0 Å². The first-order valence-corrected chi connectivity index (χ1v) is 8.33. The van der Waals surface area contributed by atoms with Crippen LogP contribution in [0.25, 0.3) is 0 Å². The predicted molar refractivity (Wildman–Crippen MR) is 83.5 cm³/mol. The van der Waals surface area contributed by atoms with Crippen LogP contribution in [0.4, 0.5) is 4.79 Å². The summed E-state index contributed by atoms with van der Waals surface area (Å²) in [7, 11) is 0. The Bertz CT molecular complexity index is 277. The van der Waals surface area contributed by atoms with E-state index < -0.39 is 6.09 Å². The van der Waals surface area contributed by atoms with Crippen molar-refractivity contribution in [1.82, 2.24) is 0 Å². The van der Waals surface area contributed by atoms with Crippen molar-refractivity contribution in [1.29, 1.82) is 0 Å². The second-order valence-corrected chi connectivity index (χ2v) is 7.39. The van der Waals surface area contributed by atoms with Crippen LogP contribution < -0.4 is 5.73 Å². The number of carbonyl (C=O) groups excluding carboxylic acids is 1. The summed E-state index contributed by atoms with van der Waals surface area (Å²) in [6.07, 6.45) is 11.1. The Morgan fingerprint density at radius 2 is 1.80 bits per heavy atom. The summed E-state index contributed by atoms with van der Waals surface area (Å²) in [6, 6.07) is 0. The summed E-state index contributed by atoms with van der Waals surface area (Å²) in [5, 5.41) is 0. The second kappa shape index (κ2) is 8.53. The third-order valence-electron chi connectivity index (χ3n) is 4.74. The number of ether oxygens (including phenoxy) is 1. The fraction of sp³-hybridized carbons (Fsp3) is 0.941. The lowest BCUT2D eigenvalue weighted by Gasteiger charge is -2.39. The first-order chi connectivity index (χ1) is 9.41. The molecule has 0 aliphatic heterocycles. The van der Waals surface area contributed by atoms with E-state index in [9.17, 15) is 4.79 Å². The van der Waals surface area contributed by atoms with Crippen molar-refractivity contribution < 1.29 is 9.53 Å². The van der Waals surface area contributed by atoms with Crippen molar-refractivity contribution in [2.75, 3.05) is 6.61 Å². The minimum atomic E-state index is -0.653. The molecule has 1 rings (SSSR count). The monoisotopic (exact) mass is 283 g/mol. The lowest BCUT2D eigenvalue weighted by molar-refractivity contribution is 0.111. The Kier molecular flexibility index (Phi) is 7.39. The smallest absolute Gasteiger partial charge is 0.404 e. The number of carbonyl (C=O) groups is 1. The fourth-order valence-corrected chi connectivity index (χ4v) is 3.73. The molecule has 1 aliphatic rings. The van der Waals surface area contributed by atoms with Gasteiger partial charge in [0.2, 0.25) is 0 Å². The molecule has 0 bridgehead atoms. The summed E-state index contributed by atoms with van der Waals surface area (Å²) < 4.78 is 4.77. The third kappa shape index (κ3) is 6.62. The largest absolute Gasteiger partial charge is 0.450 e. The molecular formula is C17H33NO2. The van der Waals surface area contributed by atoms with Gasteiger partial charge >= 0.3 is 6.09 Å². The van der Waals surface area contributed by atoms with Crippen molar-refractivity contribution in [3.05, 3.63) is 0 Å². The van der Waals surface area contributed by atoms with E-state index in [0.29, 0.717) is 12.0 Å². The fourth-order valence-electron chi connectivity index (χ4n) is 3.73.